The van der Waals surface area contributed by atoms with E-state index in [1.54, 1.807) is 6.92 Å². The summed E-state index contributed by atoms with van der Waals surface area (Å²) in [6, 6.07) is 2.91. The fourth-order valence-corrected chi connectivity index (χ4v) is 2.06. The predicted molar refractivity (Wildman–Crippen MR) is 91.6 cm³/mol. The highest BCUT2D eigenvalue weighted by Crippen LogP contribution is 2.32. The third-order valence-electron chi connectivity index (χ3n) is 2.15. The van der Waals surface area contributed by atoms with Crippen LogP contribution >= 0.6 is 47.0 Å². The van der Waals surface area contributed by atoms with E-state index in [0.717, 1.165) is 12.2 Å². The van der Waals surface area contributed by atoms with Crippen LogP contribution in [0.2, 0.25) is 15.1 Å². The summed E-state index contributed by atoms with van der Waals surface area (Å²) in [6.45, 7) is 1.88. The number of hydrogen-bond acceptors (Lipinski definition) is 4. The first kappa shape index (κ1) is 18.7. The molecule has 0 saturated carbocycles. The van der Waals surface area contributed by atoms with Gasteiger partial charge in [-0.2, -0.15) is 0 Å². The number of esters is 1. The van der Waals surface area contributed by atoms with E-state index in [0.29, 0.717) is 10.7 Å². The van der Waals surface area contributed by atoms with Crippen LogP contribution in [0.15, 0.2) is 24.3 Å². The first-order valence-electron chi connectivity index (χ1n) is 5.94. The molecule has 1 rings (SSSR count). The van der Waals surface area contributed by atoms with E-state index in [4.69, 9.17) is 47.0 Å². The van der Waals surface area contributed by atoms with Crippen molar-refractivity contribution in [3.8, 4) is 0 Å². The fourth-order valence-electron chi connectivity index (χ4n) is 1.26. The normalized spacial score (nSPS) is 10.4. The number of benzene rings is 1. The molecule has 0 radical (unpaired) electrons. The molecule has 0 spiro atoms. The van der Waals surface area contributed by atoms with Crippen LogP contribution in [-0.4, -0.2) is 23.6 Å². The second-order valence-electron chi connectivity index (χ2n) is 3.77. The molecule has 0 saturated heterocycles. The van der Waals surface area contributed by atoms with Crippen molar-refractivity contribution in [2.45, 2.75) is 6.92 Å². The molecule has 1 aromatic rings. The summed E-state index contributed by atoms with van der Waals surface area (Å²) in [7, 11) is 0. The van der Waals surface area contributed by atoms with E-state index < -0.39 is 11.9 Å². The number of rotatable bonds is 4. The molecule has 0 heterocycles. The molecule has 1 amide bonds. The molecular formula is C13H11Cl3N2O3S. The Hall–Kier alpha value is -1.34. The van der Waals surface area contributed by atoms with Crippen LogP contribution in [0.5, 0.6) is 0 Å². The average molecular weight is 382 g/mol. The molecule has 0 bridgehead atoms. The smallest absolute Gasteiger partial charge is 0.330 e. The van der Waals surface area contributed by atoms with Crippen molar-refractivity contribution in [1.82, 2.24) is 5.32 Å². The fraction of sp³-hybridized carbons (Fsp3) is 0.154. The van der Waals surface area contributed by atoms with Crippen LogP contribution in [0.3, 0.4) is 0 Å². The SMILES string of the molecule is CCOC(=O)C=CC(=O)NC(=S)Nc1cc(Cl)c(Cl)cc1Cl. The highest BCUT2D eigenvalue weighted by Gasteiger charge is 2.09. The first-order chi connectivity index (χ1) is 10.3. The first-order valence-corrected chi connectivity index (χ1v) is 7.49. The van der Waals surface area contributed by atoms with Gasteiger partial charge in [0.1, 0.15) is 0 Å². The quantitative estimate of drug-likeness (QED) is 0.361. The number of ether oxygens (including phenoxy) is 1. The van der Waals surface area contributed by atoms with Crippen LogP contribution in [0, 0.1) is 0 Å². The highest BCUT2D eigenvalue weighted by atomic mass is 35.5. The largest absolute Gasteiger partial charge is 0.463 e. The highest BCUT2D eigenvalue weighted by molar-refractivity contribution is 7.80. The Morgan fingerprint density at radius 2 is 1.82 bits per heavy atom. The van der Waals surface area contributed by atoms with Gasteiger partial charge < -0.3 is 10.1 Å². The van der Waals surface area contributed by atoms with Gasteiger partial charge in [-0.15, -0.1) is 0 Å². The van der Waals surface area contributed by atoms with E-state index in [9.17, 15) is 9.59 Å². The molecule has 9 heteroatoms. The Morgan fingerprint density at radius 3 is 2.45 bits per heavy atom. The summed E-state index contributed by atoms with van der Waals surface area (Å²) in [5.74, 6) is -1.22. The van der Waals surface area contributed by atoms with Gasteiger partial charge in [0.25, 0.3) is 0 Å². The minimum Gasteiger partial charge on any atom is -0.463 e. The average Bonchev–Trinajstić information content (AvgIpc) is 2.43. The summed E-state index contributed by atoms with van der Waals surface area (Å²) < 4.78 is 4.63. The molecule has 1 aromatic carbocycles. The van der Waals surface area contributed by atoms with Crippen molar-refractivity contribution < 1.29 is 14.3 Å². The second-order valence-corrected chi connectivity index (χ2v) is 5.40. The maximum atomic E-state index is 11.5. The lowest BCUT2D eigenvalue weighted by molar-refractivity contribution is -0.137. The molecule has 0 aliphatic rings. The molecule has 0 fully saturated rings. The monoisotopic (exact) mass is 380 g/mol. The van der Waals surface area contributed by atoms with E-state index in [1.807, 2.05) is 0 Å². The minimum atomic E-state index is -0.621. The molecule has 5 nitrogen and oxygen atoms in total. The van der Waals surface area contributed by atoms with Crippen molar-refractivity contribution in [1.29, 1.82) is 0 Å². The molecule has 118 valence electrons. The van der Waals surface area contributed by atoms with E-state index in [1.165, 1.54) is 12.1 Å². The number of halogens is 3. The number of hydrogen-bond donors (Lipinski definition) is 2. The van der Waals surface area contributed by atoms with Crippen LogP contribution in [0.25, 0.3) is 0 Å². The number of anilines is 1. The Labute approximate surface area is 147 Å². The zero-order valence-corrected chi connectivity index (χ0v) is 14.4. The molecule has 0 aliphatic heterocycles. The van der Waals surface area contributed by atoms with Crippen LogP contribution in [0.4, 0.5) is 5.69 Å². The van der Waals surface area contributed by atoms with Crippen molar-refractivity contribution in [2.24, 2.45) is 0 Å². The number of carbonyl (C=O) groups excluding carboxylic acids is 2. The van der Waals surface area contributed by atoms with Gasteiger partial charge in [0, 0.05) is 12.2 Å². The lowest BCUT2D eigenvalue weighted by atomic mass is 10.3. The van der Waals surface area contributed by atoms with Gasteiger partial charge in [-0.05, 0) is 31.3 Å². The molecule has 0 aliphatic carbocycles. The van der Waals surface area contributed by atoms with Crippen LogP contribution < -0.4 is 10.6 Å². The van der Waals surface area contributed by atoms with Crippen molar-refractivity contribution >= 4 is 69.7 Å². The Kier molecular flexibility index (Phi) is 7.61. The summed E-state index contributed by atoms with van der Waals surface area (Å²) in [5, 5.41) is 5.88. The summed E-state index contributed by atoms with van der Waals surface area (Å²) in [6.07, 6.45) is 2.00. The Bertz CT molecular complexity index is 635. The third kappa shape index (κ3) is 6.19. The number of nitrogens with one attached hydrogen (secondary N) is 2. The molecular weight excluding hydrogens is 371 g/mol. The van der Waals surface area contributed by atoms with Gasteiger partial charge in [0.2, 0.25) is 5.91 Å². The third-order valence-corrected chi connectivity index (χ3v) is 3.39. The van der Waals surface area contributed by atoms with Crippen LogP contribution in [-0.2, 0) is 14.3 Å². The van der Waals surface area contributed by atoms with Gasteiger partial charge in [-0.25, -0.2) is 4.79 Å². The van der Waals surface area contributed by atoms with Gasteiger partial charge in [-0.1, -0.05) is 34.8 Å². The van der Waals surface area contributed by atoms with Crippen molar-refractivity contribution in [2.75, 3.05) is 11.9 Å². The van der Waals surface area contributed by atoms with E-state index >= 15 is 0 Å². The van der Waals surface area contributed by atoms with Crippen molar-refractivity contribution in [3.05, 3.63) is 39.4 Å². The van der Waals surface area contributed by atoms with Crippen molar-refractivity contribution in [3.63, 3.8) is 0 Å². The maximum Gasteiger partial charge on any atom is 0.330 e. The number of carbonyl (C=O) groups is 2. The van der Waals surface area contributed by atoms with Gasteiger partial charge in [0.05, 0.1) is 27.4 Å². The topological polar surface area (TPSA) is 67.4 Å². The van der Waals surface area contributed by atoms with Gasteiger partial charge >= 0.3 is 5.97 Å². The van der Waals surface area contributed by atoms with Crippen LogP contribution in [0.1, 0.15) is 6.92 Å². The molecule has 0 atom stereocenters. The lowest BCUT2D eigenvalue weighted by Gasteiger charge is -2.10. The molecule has 0 aromatic heterocycles. The Balaban J connectivity index is 2.62. The number of thiocarbonyl (C=S) groups is 1. The van der Waals surface area contributed by atoms with E-state index in [-0.39, 0.29) is 21.8 Å². The molecule has 2 N–H and O–H groups in total. The lowest BCUT2D eigenvalue weighted by Crippen LogP contribution is -2.33. The molecule has 0 unspecified atom stereocenters. The molecule has 22 heavy (non-hydrogen) atoms. The van der Waals surface area contributed by atoms with E-state index in [2.05, 4.69) is 15.4 Å². The maximum absolute atomic E-state index is 11.5. The number of amides is 1. The van der Waals surface area contributed by atoms with Gasteiger partial charge in [-0.3, -0.25) is 10.1 Å². The zero-order chi connectivity index (χ0) is 16.7. The summed E-state index contributed by atoms with van der Waals surface area (Å²) in [4.78, 5) is 22.6. The standard InChI is InChI=1S/C13H11Cl3N2O3S/c1-2-21-12(20)4-3-11(19)18-13(22)17-10-6-8(15)7(14)5-9(10)16/h3-6H,2H2,1H3,(H2,17,18,19,22). The zero-order valence-electron chi connectivity index (χ0n) is 11.3. The summed E-state index contributed by atoms with van der Waals surface area (Å²) >= 11 is 22.6. The minimum absolute atomic E-state index is 0.0150. The Morgan fingerprint density at radius 1 is 1.18 bits per heavy atom. The van der Waals surface area contributed by atoms with Gasteiger partial charge in [0.15, 0.2) is 5.11 Å². The summed E-state index contributed by atoms with van der Waals surface area (Å²) in [5.41, 5.74) is 0.385. The second kappa shape index (κ2) is 8.95. The predicted octanol–water partition coefficient (Wildman–Crippen LogP) is 3.58.